The number of fused-ring (bicyclic) bond motifs is 12. The molecule has 4 fully saturated rings. The Hall–Kier alpha value is -6.67. The largest absolute Gasteiger partial charge is 0.481 e. The third kappa shape index (κ3) is 16.8. The van der Waals surface area contributed by atoms with Gasteiger partial charge in [-0.2, -0.15) is 0 Å². The second kappa shape index (κ2) is 35.0. The van der Waals surface area contributed by atoms with E-state index < -0.39 is 22.8 Å². The minimum Gasteiger partial charge on any atom is -0.481 e. The molecule has 4 saturated carbocycles. The fourth-order valence-electron chi connectivity index (χ4n) is 23.9. The van der Waals surface area contributed by atoms with Crippen LogP contribution in [-0.4, -0.2) is 92.0 Å². The van der Waals surface area contributed by atoms with Crippen molar-refractivity contribution in [3.63, 3.8) is 0 Å². The number of hydrogen-bond donors (Lipinski definition) is 3. The second-order valence-electron chi connectivity index (χ2n) is 37.9. The lowest BCUT2D eigenvalue weighted by molar-refractivity contribution is -0.162. The number of hydrogen-bond acceptors (Lipinski definition) is 12. The molecule has 12 rings (SSSR count). The van der Waals surface area contributed by atoms with Gasteiger partial charge in [-0.05, 0) is 315 Å². The number of carbonyl (C=O) groups excluding carboxylic acids is 5. The average molecular weight is 1520 g/mol. The normalized spacial score (nSPS) is 29.5. The van der Waals surface area contributed by atoms with Crippen LogP contribution >= 0.6 is 0 Å². The highest BCUT2D eigenvalue weighted by atomic mass is 16.5. The Morgan fingerprint density at radius 2 is 0.709 bits per heavy atom. The molecule has 4 aromatic rings. The maximum atomic E-state index is 13.0. The summed E-state index contributed by atoms with van der Waals surface area (Å²) in [5, 5.41) is 27.3. The number of aliphatic carboxylic acids is 2. The number of ether oxygens (including phenoxy) is 4. The molecule has 110 heavy (non-hydrogen) atoms. The number of carboxylic acids is 2. The number of aliphatic hydroxyl groups is 1. The number of methoxy groups -OCH3 is 4. The van der Waals surface area contributed by atoms with Crippen molar-refractivity contribution in [2.24, 2.45) is 45.3 Å². The number of carbonyl (C=O) groups is 7. The molecule has 0 bridgehead atoms. The van der Waals surface area contributed by atoms with Gasteiger partial charge in [0.2, 0.25) is 0 Å². The summed E-state index contributed by atoms with van der Waals surface area (Å²) in [6.07, 6.45) is 24.7. The summed E-state index contributed by atoms with van der Waals surface area (Å²) < 4.78 is 20.9. The Morgan fingerprint density at radius 3 is 1.04 bits per heavy atom. The van der Waals surface area contributed by atoms with Crippen LogP contribution in [0.25, 0.3) is 0 Å². The second-order valence-corrected chi connectivity index (χ2v) is 37.9. The number of carboxylic acid groups (broad SMARTS) is 2. The molecule has 0 saturated heterocycles. The molecule has 0 heterocycles. The summed E-state index contributed by atoms with van der Waals surface area (Å²) in [7, 11) is 6.03. The van der Waals surface area contributed by atoms with E-state index in [1.54, 1.807) is 0 Å². The summed E-state index contributed by atoms with van der Waals surface area (Å²) in [6.45, 7) is 35.6. The van der Waals surface area contributed by atoms with Crippen LogP contribution in [0.15, 0.2) is 54.6 Å². The molecular weight excluding hydrogens is 1380 g/mol. The van der Waals surface area contributed by atoms with Crippen molar-refractivity contribution < 1.29 is 67.8 Å². The maximum absolute atomic E-state index is 13.0. The van der Waals surface area contributed by atoms with Crippen molar-refractivity contribution in [3.05, 3.63) is 138 Å². The third-order valence-corrected chi connectivity index (χ3v) is 29.8. The third-order valence-electron chi connectivity index (χ3n) is 29.8. The van der Waals surface area contributed by atoms with E-state index in [0.29, 0.717) is 41.6 Å². The highest BCUT2D eigenvalue weighted by molar-refractivity contribution is 5.99. The summed E-state index contributed by atoms with van der Waals surface area (Å²) in [4.78, 5) is 85.7. The number of aryl methyl sites for hydroxylation is 6. The van der Waals surface area contributed by atoms with E-state index in [0.717, 1.165) is 159 Å². The van der Waals surface area contributed by atoms with Crippen LogP contribution in [0.3, 0.4) is 0 Å². The molecule has 0 amide bonds. The first-order valence-electron chi connectivity index (χ1n) is 42.3. The van der Waals surface area contributed by atoms with Crippen LogP contribution in [0.1, 0.15) is 364 Å². The topological polar surface area (TPSA) is 217 Å². The number of benzene rings is 4. The Morgan fingerprint density at radius 1 is 0.382 bits per heavy atom. The molecule has 8 aliphatic rings. The van der Waals surface area contributed by atoms with Gasteiger partial charge in [0.15, 0.2) is 5.78 Å². The van der Waals surface area contributed by atoms with Crippen LogP contribution in [0, 0.1) is 45.3 Å². The molecule has 8 aliphatic carbocycles. The standard InChI is InChI=1S/C25H34O5.C25H36O4.C25H38O3.C21H30O2/c1-15(2)17-13-16-7-9-21-24(3,11-6-12-25(21,4)23(29)30-5)19(16)14-18(17)20(26)8-10-22(27)28;1-16(2)19-14-18-10-11-21-24(3,12-7-13-25(21,4)23(28)29-5)20(18)15-17(19)8-6-9-22(26)27;1-17(2)20-15-19-10-11-22-24(3,12-8-13-25(22,4)23(27)28-5)21(19)16-18(20)9-6-7-14-26;1-14(2)15-7-9-17-16(13-15)8-10-18-20(17,3)11-6-12-21(18,4)19(22)23-5/h13-15,21H,6-12H2,1-5H3,(H,27,28);14-16,21H,6-13H2,1-5H3,(H,26,27);15-17,22,26H,6-14H2,1-5H3;7,9,13-14,18H,6,8,10-12H2,1-5H3. The Labute approximate surface area is 660 Å². The maximum Gasteiger partial charge on any atom is 0.311 e. The van der Waals surface area contributed by atoms with Crippen molar-refractivity contribution in [2.45, 2.75) is 336 Å². The molecule has 12 atom stereocenters. The molecule has 14 nitrogen and oxygen atoms in total. The van der Waals surface area contributed by atoms with Crippen LogP contribution in [0.4, 0.5) is 0 Å². The van der Waals surface area contributed by atoms with E-state index in [1.807, 2.05) is 13.0 Å². The van der Waals surface area contributed by atoms with Crippen LogP contribution in [-0.2, 0) is 108 Å². The van der Waals surface area contributed by atoms with Crippen molar-refractivity contribution >= 4 is 41.6 Å². The van der Waals surface area contributed by atoms with Gasteiger partial charge in [-0.25, -0.2) is 0 Å². The number of Topliss-reactive ketones (excluding diaryl/α,β-unsaturated/α-hetero) is 1. The Balaban J connectivity index is 0.000000169. The van der Waals surface area contributed by atoms with Gasteiger partial charge in [0.25, 0.3) is 0 Å². The van der Waals surface area contributed by atoms with Crippen molar-refractivity contribution in [3.8, 4) is 0 Å². The smallest absolute Gasteiger partial charge is 0.311 e. The van der Waals surface area contributed by atoms with Crippen molar-refractivity contribution in [2.75, 3.05) is 35.0 Å². The predicted octanol–water partition coefficient (Wildman–Crippen LogP) is 20.7. The quantitative estimate of drug-likeness (QED) is 0.0325. The van der Waals surface area contributed by atoms with Gasteiger partial charge < -0.3 is 34.3 Å². The number of rotatable bonds is 20. The van der Waals surface area contributed by atoms with E-state index in [4.69, 9.17) is 29.2 Å². The van der Waals surface area contributed by atoms with Gasteiger partial charge in [-0.3, -0.25) is 33.6 Å². The van der Waals surface area contributed by atoms with E-state index in [1.165, 1.54) is 102 Å². The average Bonchev–Trinajstić information content (AvgIpc) is 0.739. The summed E-state index contributed by atoms with van der Waals surface area (Å²) in [5.41, 5.74) is 18.0. The molecule has 4 aromatic carbocycles. The summed E-state index contributed by atoms with van der Waals surface area (Å²) >= 11 is 0. The lowest BCUT2D eigenvalue weighted by Crippen LogP contribution is -2.52. The monoisotopic (exact) mass is 1520 g/mol. The Bertz CT molecular complexity index is 4020. The van der Waals surface area contributed by atoms with Gasteiger partial charge in [0.1, 0.15) is 0 Å². The van der Waals surface area contributed by atoms with E-state index >= 15 is 0 Å². The molecular formula is C96H138O14. The number of ketones is 1. The zero-order valence-electron chi connectivity index (χ0n) is 71.2. The lowest BCUT2D eigenvalue weighted by atomic mass is 9.49. The molecule has 0 spiro atoms. The van der Waals surface area contributed by atoms with Gasteiger partial charge in [-0.1, -0.05) is 157 Å². The number of unbranched alkanes of at least 4 members (excludes halogenated alkanes) is 1. The van der Waals surface area contributed by atoms with Gasteiger partial charge >= 0.3 is 35.8 Å². The predicted molar refractivity (Wildman–Crippen MR) is 436 cm³/mol. The molecule has 0 aliphatic heterocycles. The van der Waals surface area contributed by atoms with E-state index in [2.05, 4.69) is 152 Å². The van der Waals surface area contributed by atoms with Crippen LogP contribution in [0.2, 0.25) is 0 Å². The van der Waals surface area contributed by atoms with Gasteiger partial charge in [-0.15, -0.1) is 0 Å². The first kappa shape index (κ1) is 87.3. The fourth-order valence-corrected chi connectivity index (χ4v) is 23.9. The van der Waals surface area contributed by atoms with E-state index in [-0.39, 0.29) is 106 Å². The van der Waals surface area contributed by atoms with Gasteiger partial charge in [0, 0.05) is 25.0 Å². The lowest BCUT2D eigenvalue weighted by Gasteiger charge is -2.54. The molecule has 0 radical (unpaired) electrons. The van der Waals surface area contributed by atoms with Crippen molar-refractivity contribution in [1.82, 2.24) is 0 Å². The minimum atomic E-state index is -0.958. The minimum absolute atomic E-state index is 0.00780. The first-order chi connectivity index (χ1) is 51.8. The summed E-state index contributed by atoms with van der Waals surface area (Å²) in [6, 6.07) is 20.9. The number of esters is 4. The highest BCUT2D eigenvalue weighted by Crippen LogP contribution is 2.63. The van der Waals surface area contributed by atoms with Crippen LogP contribution in [0.5, 0.6) is 0 Å². The molecule has 0 aromatic heterocycles. The first-order valence-corrected chi connectivity index (χ1v) is 42.3. The highest BCUT2D eigenvalue weighted by Gasteiger charge is 2.60. The van der Waals surface area contributed by atoms with Crippen LogP contribution < -0.4 is 0 Å². The van der Waals surface area contributed by atoms with Gasteiger partial charge in [0.05, 0.1) is 56.5 Å². The Kier molecular flexibility index (Phi) is 27.8. The van der Waals surface area contributed by atoms with E-state index in [9.17, 15) is 38.7 Å². The number of aliphatic hydroxyl groups excluding tert-OH is 1. The molecule has 3 N–H and O–H groups in total. The molecule has 14 heteroatoms. The summed E-state index contributed by atoms with van der Waals surface area (Å²) in [5.74, 6) is 0.755. The fraction of sp³-hybridized carbons (Fsp3) is 0.677. The SMILES string of the molecule is COC(=O)C1(C)CCCC2(C)c3cc(C(=O)CCC(=O)O)c(C(C)C)cc3CCC12.COC(=O)C1(C)CCCC2(C)c3cc(CCCC(=O)O)c(C(C)C)cc3CCC12.COC(=O)C1(C)CCCC2(C)c3cc(CCCCO)c(C(C)C)cc3CCC12.COC(=O)C1(C)CCCC2(C)c3ccc(C(C)C)cc3CCC12. The zero-order valence-corrected chi connectivity index (χ0v) is 71.2. The zero-order chi connectivity index (χ0) is 81.0. The van der Waals surface area contributed by atoms with Crippen molar-refractivity contribution in [1.29, 1.82) is 0 Å². The molecule has 606 valence electrons. The molecule has 12 unspecified atom stereocenters.